The van der Waals surface area contributed by atoms with E-state index in [4.69, 9.17) is 4.42 Å². The number of fused-ring (bicyclic) bond motifs is 4. The Morgan fingerprint density at radius 3 is 2.50 bits per heavy atom. The average Bonchev–Trinajstić information content (AvgIpc) is 3.07. The molecule has 0 amide bonds. The molecule has 0 N–H and O–H groups in total. The lowest BCUT2D eigenvalue weighted by atomic mass is 9.92. The maximum Gasteiger partial charge on any atom is 0.224 e. The number of aromatic nitrogens is 1. The smallest absolute Gasteiger partial charge is 0.224 e. The summed E-state index contributed by atoms with van der Waals surface area (Å²) in [5.74, 6) is 0.649. The maximum absolute atomic E-state index is 6.44. The van der Waals surface area contributed by atoms with Gasteiger partial charge in [-0.25, -0.2) is 4.57 Å². The van der Waals surface area contributed by atoms with E-state index >= 15 is 0 Å². The van der Waals surface area contributed by atoms with E-state index in [1.165, 1.54) is 49.5 Å². The molecular weight excluding hydrogens is 366 g/mol. The topological polar surface area (TPSA) is 17.0 Å². The van der Waals surface area contributed by atoms with Crippen molar-refractivity contribution in [2.75, 3.05) is 0 Å². The van der Waals surface area contributed by atoms with Crippen molar-refractivity contribution < 1.29 is 8.98 Å². The van der Waals surface area contributed by atoms with Crippen LogP contribution in [0.2, 0.25) is 0 Å². The molecule has 3 aromatic carbocycles. The Morgan fingerprint density at radius 1 is 0.900 bits per heavy atom. The number of nitrogens with zero attached hydrogens (tertiary/aromatic N) is 1. The molecule has 0 aliphatic rings. The van der Waals surface area contributed by atoms with Gasteiger partial charge in [0, 0.05) is 16.8 Å². The largest absolute Gasteiger partial charge is 0.455 e. The molecule has 2 heteroatoms. The number of hydrogen-bond acceptors (Lipinski definition) is 1. The van der Waals surface area contributed by atoms with E-state index in [0.29, 0.717) is 5.92 Å². The van der Waals surface area contributed by atoms with Crippen molar-refractivity contribution in [2.24, 2.45) is 13.0 Å². The van der Waals surface area contributed by atoms with Crippen molar-refractivity contribution in [3.05, 3.63) is 77.5 Å². The Kier molecular flexibility index (Phi) is 4.39. The minimum atomic E-state index is 0.649. The third kappa shape index (κ3) is 2.90. The van der Waals surface area contributed by atoms with Crippen LogP contribution in [0.1, 0.15) is 30.5 Å². The lowest BCUT2D eigenvalue weighted by molar-refractivity contribution is -0.659. The zero-order valence-corrected chi connectivity index (χ0v) is 18.4. The van der Waals surface area contributed by atoms with Gasteiger partial charge in [0.05, 0.1) is 10.9 Å². The molecule has 30 heavy (non-hydrogen) atoms. The second-order valence-electron chi connectivity index (χ2n) is 8.96. The van der Waals surface area contributed by atoms with Crippen LogP contribution >= 0.6 is 0 Å². The standard InChI is InChI=1S/C28H28NO/c1-17(2)14-20-10-11-22-21(16-20)12-13-29(5)27(22)26-19(4)18(3)15-24-23-8-6-7-9-25(23)30-28(24)26/h6-13,15-17H,14H2,1-5H3/q+1. The Balaban J connectivity index is 1.87. The number of hydrogen-bond donors (Lipinski definition) is 0. The lowest BCUT2D eigenvalue weighted by Crippen LogP contribution is -2.31. The Hall–Kier alpha value is -3.13. The van der Waals surface area contributed by atoms with Gasteiger partial charge in [-0.2, -0.15) is 0 Å². The summed E-state index contributed by atoms with van der Waals surface area (Å²) in [6.45, 7) is 8.96. The quantitative estimate of drug-likeness (QED) is 0.300. The molecule has 0 unspecified atom stereocenters. The second kappa shape index (κ2) is 6.98. The van der Waals surface area contributed by atoms with E-state index in [9.17, 15) is 0 Å². The van der Waals surface area contributed by atoms with Gasteiger partial charge in [-0.15, -0.1) is 0 Å². The summed E-state index contributed by atoms with van der Waals surface area (Å²) in [5.41, 5.74) is 8.30. The van der Waals surface area contributed by atoms with Crippen LogP contribution in [0.4, 0.5) is 0 Å². The number of aryl methyl sites for hydroxylation is 2. The van der Waals surface area contributed by atoms with E-state index in [1.807, 2.05) is 6.07 Å². The summed E-state index contributed by atoms with van der Waals surface area (Å²) in [6, 6.07) is 19.8. The number of benzene rings is 3. The fourth-order valence-corrected chi connectivity index (χ4v) is 4.70. The summed E-state index contributed by atoms with van der Waals surface area (Å²) in [5, 5.41) is 4.92. The van der Waals surface area contributed by atoms with Crippen LogP contribution in [0.5, 0.6) is 0 Å². The molecule has 0 atom stereocenters. The fraction of sp³-hybridized carbons (Fsp3) is 0.250. The second-order valence-corrected chi connectivity index (χ2v) is 8.96. The predicted octanol–water partition coefficient (Wildman–Crippen LogP) is 7.05. The first-order valence-electron chi connectivity index (χ1n) is 10.8. The average molecular weight is 395 g/mol. The number of para-hydroxylation sites is 1. The fourth-order valence-electron chi connectivity index (χ4n) is 4.70. The van der Waals surface area contributed by atoms with Gasteiger partial charge >= 0.3 is 0 Å². The lowest BCUT2D eigenvalue weighted by Gasteiger charge is -2.12. The summed E-state index contributed by atoms with van der Waals surface area (Å²) >= 11 is 0. The van der Waals surface area contributed by atoms with E-state index in [1.54, 1.807) is 0 Å². The number of pyridine rings is 1. The van der Waals surface area contributed by atoms with Crippen LogP contribution in [0.15, 0.2) is 65.2 Å². The SMILES string of the molecule is Cc1cc2c(oc3ccccc32)c(-c2c3ccc(CC(C)C)cc3cc[n+]2C)c1C. The molecular formula is C28H28NO+. The highest BCUT2D eigenvalue weighted by molar-refractivity contribution is 6.12. The van der Waals surface area contributed by atoms with E-state index < -0.39 is 0 Å². The first-order valence-corrected chi connectivity index (χ1v) is 10.8. The first kappa shape index (κ1) is 18.9. The zero-order valence-electron chi connectivity index (χ0n) is 18.4. The molecule has 2 heterocycles. The van der Waals surface area contributed by atoms with Crippen LogP contribution in [0.3, 0.4) is 0 Å². The molecule has 0 saturated heterocycles. The van der Waals surface area contributed by atoms with Crippen LogP contribution in [-0.2, 0) is 13.5 Å². The minimum absolute atomic E-state index is 0.649. The molecule has 0 bridgehead atoms. The van der Waals surface area contributed by atoms with Gasteiger partial charge < -0.3 is 4.42 Å². The maximum atomic E-state index is 6.44. The van der Waals surface area contributed by atoms with Crippen LogP contribution in [-0.4, -0.2) is 0 Å². The van der Waals surface area contributed by atoms with E-state index in [0.717, 1.165) is 17.6 Å². The minimum Gasteiger partial charge on any atom is -0.455 e. The molecule has 0 saturated carbocycles. The zero-order chi connectivity index (χ0) is 21.0. The Morgan fingerprint density at radius 2 is 1.70 bits per heavy atom. The third-order valence-electron chi connectivity index (χ3n) is 6.27. The van der Waals surface area contributed by atoms with Crippen LogP contribution < -0.4 is 4.57 Å². The van der Waals surface area contributed by atoms with Crippen LogP contribution in [0.25, 0.3) is 44.0 Å². The van der Waals surface area contributed by atoms with Crippen molar-refractivity contribution in [2.45, 2.75) is 34.1 Å². The summed E-state index contributed by atoms with van der Waals surface area (Å²) in [4.78, 5) is 0. The summed E-state index contributed by atoms with van der Waals surface area (Å²) in [7, 11) is 2.13. The first-order chi connectivity index (χ1) is 14.4. The predicted molar refractivity (Wildman–Crippen MR) is 126 cm³/mol. The van der Waals surface area contributed by atoms with Crippen molar-refractivity contribution in [3.8, 4) is 11.3 Å². The van der Waals surface area contributed by atoms with E-state index in [2.05, 4.69) is 94.0 Å². The highest BCUT2D eigenvalue weighted by Crippen LogP contribution is 2.40. The molecule has 2 nitrogen and oxygen atoms in total. The molecule has 5 rings (SSSR count). The number of furan rings is 1. The third-order valence-corrected chi connectivity index (χ3v) is 6.27. The molecule has 0 aliphatic heterocycles. The van der Waals surface area contributed by atoms with Crippen LogP contribution in [0, 0.1) is 19.8 Å². The number of rotatable bonds is 3. The van der Waals surface area contributed by atoms with Gasteiger partial charge in [-0.3, -0.25) is 0 Å². The van der Waals surface area contributed by atoms with Gasteiger partial charge in [0.1, 0.15) is 18.2 Å². The van der Waals surface area contributed by atoms with Gasteiger partial charge in [-0.1, -0.05) is 44.2 Å². The van der Waals surface area contributed by atoms with Crippen molar-refractivity contribution in [3.63, 3.8) is 0 Å². The molecule has 150 valence electrons. The summed E-state index contributed by atoms with van der Waals surface area (Å²) < 4.78 is 8.68. The van der Waals surface area contributed by atoms with Gasteiger partial charge in [0.25, 0.3) is 0 Å². The van der Waals surface area contributed by atoms with Gasteiger partial charge in [-0.05, 0) is 66.5 Å². The molecule has 5 aromatic rings. The Labute approximate surface area is 177 Å². The van der Waals surface area contributed by atoms with Crippen molar-refractivity contribution >= 4 is 32.7 Å². The van der Waals surface area contributed by atoms with E-state index in [-0.39, 0.29) is 0 Å². The molecule has 0 aliphatic carbocycles. The monoisotopic (exact) mass is 394 g/mol. The molecule has 0 radical (unpaired) electrons. The molecule has 0 spiro atoms. The van der Waals surface area contributed by atoms with Crippen molar-refractivity contribution in [1.29, 1.82) is 0 Å². The normalized spacial score (nSPS) is 11.9. The van der Waals surface area contributed by atoms with Gasteiger partial charge in [0.2, 0.25) is 5.69 Å². The summed E-state index contributed by atoms with van der Waals surface area (Å²) in [6.07, 6.45) is 3.27. The Bertz CT molecular complexity index is 1420. The highest BCUT2D eigenvalue weighted by Gasteiger charge is 2.24. The van der Waals surface area contributed by atoms with Crippen molar-refractivity contribution in [1.82, 2.24) is 0 Å². The molecule has 2 aromatic heterocycles. The van der Waals surface area contributed by atoms with Gasteiger partial charge in [0.15, 0.2) is 6.20 Å². The molecule has 0 fully saturated rings. The highest BCUT2D eigenvalue weighted by atomic mass is 16.3.